The molecular weight excluding hydrogens is 506 g/mol. The molecule has 0 radical (unpaired) electrons. The first-order valence-electron chi connectivity index (χ1n) is 10.3. The van der Waals surface area contributed by atoms with Crippen molar-refractivity contribution in [2.24, 2.45) is 0 Å². The van der Waals surface area contributed by atoms with Crippen molar-refractivity contribution in [3.8, 4) is 5.75 Å². The van der Waals surface area contributed by atoms with E-state index in [2.05, 4.69) is 9.88 Å². The fourth-order valence-electron chi connectivity index (χ4n) is 3.48. The molecule has 2 aliphatic heterocycles. The number of likely N-dealkylation sites (tertiary alicyclic amines) is 1. The molecule has 0 unspecified atom stereocenters. The molecule has 0 aliphatic carbocycles. The van der Waals surface area contributed by atoms with Gasteiger partial charge < -0.3 is 24.1 Å². The largest absolute Gasteiger partial charge is 0.490 e. The SMILES string of the molecule is O=C(O)C(F)(F)F.O=C(O)C(F)(F)F.c1cncc(O[C@H]2CN(Cc3ccco3)[C@H]3CCCO[C@H]23)c1. The second-order valence-electron chi connectivity index (χ2n) is 7.50. The van der Waals surface area contributed by atoms with E-state index < -0.39 is 24.3 Å². The number of fused-ring (bicyclic) bond motifs is 1. The van der Waals surface area contributed by atoms with Crippen LogP contribution >= 0.6 is 0 Å². The van der Waals surface area contributed by atoms with Crippen LogP contribution < -0.4 is 4.74 Å². The van der Waals surface area contributed by atoms with Gasteiger partial charge in [-0.05, 0) is 37.1 Å². The monoisotopic (exact) mass is 528 g/mol. The summed E-state index contributed by atoms with van der Waals surface area (Å²) in [6, 6.07) is 8.20. The first kappa shape index (κ1) is 28.9. The zero-order chi connectivity index (χ0) is 26.9. The lowest BCUT2D eigenvalue weighted by Crippen LogP contribution is -2.42. The number of carboxylic acid groups (broad SMARTS) is 2. The molecule has 0 aromatic carbocycles. The second-order valence-corrected chi connectivity index (χ2v) is 7.50. The van der Waals surface area contributed by atoms with Crippen LogP contribution in [0.3, 0.4) is 0 Å². The fraction of sp³-hybridized carbons (Fsp3) is 0.476. The van der Waals surface area contributed by atoms with Crippen LogP contribution in [0.2, 0.25) is 0 Å². The third-order valence-corrected chi connectivity index (χ3v) is 4.93. The molecule has 0 spiro atoms. The van der Waals surface area contributed by atoms with Gasteiger partial charge in [0.15, 0.2) is 0 Å². The van der Waals surface area contributed by atoms with Crippen LogP contribution in [0.5, 0.6) is 5.75 Å². The van der Waals surface area contributed by atoms with Gasteiger partial charge in [0.25, 0.3) is 0 Å². The molecule has 2 fully saturated rings. The number of aromatic nitrogens is 1. The van der Waals surface area contributed by atoms with Crippen LogP contribution in [0.25, 0.3) is 0 Å². The van der Waals surface area contributed by atoms with E-state index in [1.165, 1.54) is 0 Å². The van der Waals surface area contributed by atoms with E-state index in [9.17, 15) is 26.3 Å². The molecule has 2 aliphatic rings. The number of hydrogen-bond acceptors (Lipinski definition) is 7. The number of furan rings is 1. The Kier molecular flexibility index (Phi) is 10.1. The van der Waals surface area contributed by atoms with Gasteiger partial charge in [-0.1, -0.05) is 0 Å². The van der Waals surface area contributed by atoms with E-state index in [0.717, 1.165) is 44.0 Å². The maximum Gasteiger partial charge on any atom is 0.490 e. The molecule has 4 heterocycles. The van der Waals surface area contributed by atoms with Crippen LogP contribution in [-0.2, 0) is 20.9 Å². The zero-order valence-electron chi connectivity index (χ0n) is 18.4. The van der Waals surface area contributed by atoms with Crippen molar-refractivity contribution in [3.63, 3.8) is 0 Å². The number of nitrogens with zero attached hydrogens (tertiary/aromatic N) is 2. The molecule has 9 nitrogen and oxygen atoms in total. The summed E-state index contributed by atoms with van der Waals surface area (Å²) in [7, 11) is 0. The number of rotatable bonds is 4. The topological polar surface area (TPSA) is 122 Å². The highest BCUT2D eigenvalue weighted by Crippen LogP contribution is 2.32. The Labute approximate surface area is 200 Å². The highest BCUT2D eigenvalue weighted by atomic mass is 19.4. The summed E-state index contributed by atoms with van der Waals surface area (Å²) >= 11 is 0. The minimum atomic E-state index is -5.08. The van der Waals surface area contributed by atoms with Crippen molar-refractivity contribution >= 4 is 11.9 Å². The van der Waals surface area contributed by atoms with Crippen molar-refractivity contribution in [1.82, 2.24) is 9.88 Å². The number of carbonyl (C=O) groups is 2. The van der Waals surface area contributed by atoms with E-state index in [1.54, 1.807) is 18.7 Å². The van der Waals surface area contributed by atoms with Gasteiger partial charge in [-0.2, -0.15) is 26.3 Å². The summed E-state index contributed by atoms with van der Waals surface area (Å²) < 4.78 is 81.1. The van der Waals surface area contributed by atoms with Gasteiger partial charge in [-0.25, -0.2) is 9.59 Å². The maximum absolute atomic E-state index is 10.6. The number of ether oxygens (including phenoxy) is 2. The Morgan fingerprint density at radius 1 is 1.08 bits per heavy atom. The molecule has 3 atom stereocenters. The molecule has 2 N–H and O–H groups in total. The zero-order valence-corrected chi connectivity index (χ0v) is 18.4. The molecular formula is C21H22F6N2O7. The Morgan fingerprint density at radius 3 is 2.22 bits per heavy atom. The summed E-state index contributed by atoms with van der Waals surface area (Å²) in [6.07, 6.45) is -2.50. The lowest BCUT2D eigenvalue weighted by atomic mass is 10.0. The van der Waals surface area contributed by atoms with Gasteiger partial charge in [-0.3, -0.25) is 9.88 Å². The van der Waals surface area contributed by atoms with Crippen LogP contribution in [-0.4, -0.2) is 75.8 Å². The lowest BCUT2D eigenvalue weighted by molar-refractivity contribution is -0.193. The van der Waals surface area contributed by atoms with E-state index in [0.29, 0.717) is 6.04 Å². The quantitative estimate of drug-likeness (QED) is 0.572. The Bertz CT molecular complexity index is 930. The van der Waals surface area contributed by atoms with Crippen LogP contribution in [0.4, 0.5) is 26.3 Å². The number of carboxylic acids is 2. The summed E-state index contributed by atoms with van der Waals surface area (Å²) in [4.78, 5) is 24.3. The number of aliphatic carboxylic acids is 2. The van der Waals surface area contributed by atoms with Crippen molar-refractivity contribution in [2.75, 3.05) is 13.2 Å². The molecule has 0 bridgehead atoms. The van der Waals surface area contributed by atoms with Crippen molar-refractivity contribution in [2.45, 2.75) is 50.0 Å². The Balaban J connectivity index is 0.000000271. The Morgan fingerprint density at radius 2 is 1.72 bits per heavy atom. The van der Waals surface area contributed by atoms with Gasteiger partial charge >= 0.3 is 24.3 Å². The summed E-state index contributed by atoms with van der Waals surface area (Å²) in [5, 5.41) is 14.2. The van der Waals surface area contributed by atoms with Crippen LogP contribution in [0, 0.1) is 0 Å². The molecule has 2 aromatic rings. The van der Waals surface area contributed by atoms with Gasteiger partial charge in [0, 0.05) is 25.4 Å². The van der Waals surface area contributed by atoms with Crippen molar-refractivity contribution < 1.29 is 60.0 Å². The predicted octanol–water partition coefficient (Wildman–Crippen LogP) is 3.75. The first-order chi connectivity index (χ1) is 16.8. The van der Waals surface area contributed by atoms with Crippen molar-refractivity contribution in [1.29, 1.82) is 0 Å². The molecule has 2 aromatic heterocycles. The molecule has 0 amide bonds. The molecule has 2 saturated heterocycles. The minimum absolute atomic E-state index is 0.0458. The van der Waals surface area contributed by atoms with Gasteiger partial charge in [-0.15, -0.1) is 0 Å². The summed E-state index contributed by atoms with van der Waals surface area (Å²) in [5.74, 6) is -3.72. The number of hydrogen-bond donors (Lipinski definition) is 2. The van der Waals surface area contributed by atoms with Gasteiger partial charge in [0.1, 0.15) is 23.7 Å². The smallest absolute Gasteiger partial charge is 0.485 e. The molecule has 15 heteroatoms. The number of pyridine rings is 1. The van der Waals surface area contributed by atoms with Crippen molar-refractivity contribution in [3.05, 3.63) is 48.7 Å². The van der Waals surface area contributed by atoms with Gasteiger partial charge in [0.05, 0.1) is 19.0 Å². The maximum atomic E-state index is 10.6. The van der Waals surface area contributed by atoms with E-state index in [4.69, 9.17) is 33.7 Å². The highest BCUT2D eigenvalue weighted by molar-refractivity contribution is 5.73. The Hall–Kier alpha value is -3.33. The van der Waals surface area contributed by atoms with Crippen LogP contribution in [0.1, 0.15) is 18.6 Å². The predicted molar refractivity (Wildman–Crippen MR) is 108 cm³/mol. The van der Waals surface area contributed by atoms with Gasteiger partial charge in [0.2, 0.25) is 0 Å². The minimum Gasteiger partial charge on any atom is -0.485 e. The second kappa shape index (κ2) is 12.6. The molecule has 0 saturated carbocycles. The average Bonchev–Trinajstić information content (AvgIpc) is 3.43. The third-order valence-electron chi connectivity index (χ3n) is 4.93. The van der Waals surface area contributed by atoms with E-state index in [-0.39, 0.29) is 12.2 Å². The van der Waals surface area contributed by atoms with E-state index >= 15 is 0 Å². The highest BCUT2D eigenvalue weighted by Gasteiger charge is 2.45. The fourth-order valence-corrected chi connectivity index (χ4v) is 3.48. The third kappa shape index (κ3) is 9.03. The van der Waals surface area contributed by atoms with Crippen LogP contribution in [0.15, 0.2) is 47.3 Å². The van der Waals surface area contributed by atoms with E-state index in [1.807, 2.05) is 24.3 Å². The summed E-state index contributed by atoms with van der Waals surface area (Å²) in [5.41, 5.74) is 0. The molecule has 200 valence electrons. The number of halogens is 6. The number of alkyl halides is 6. The normalized spacial score (nSPS) is 21.8. The lowest BCUT2D eigenvalue weighted by Gasteiger charge is -2.31. The summed E-state index contributed by atoms with van der Waals surface area (Å²) in [6.45, 7) is 2.48. The standard InChI is InChI=1S/C17H20N2O3.2C2HF3O2/c1-4-13(10-18-7-1)22-16-12-19(11-14-5-2-8-20-14)15-6-3-9-21-17(15)16;2*3-2(4,5)1(6)7/h1-2,4-5,7-8,10,15-17H,3,6,9,11-12H2;2*(H,6,7)/t15-,16-,17-;;/m0../s1. The average molecular weight is 528 g/mol. The first-order valence-corrected chi connectivity index (χ1v) is 10.3. The molecule has 36 heavy (non-hydrogen) atoms. The molecule has 4 rings (SSSR count).